The zero-order valence-electron chi connectivity index (χ0n) is 16.6. The lowest BCUT2D eigenvalue weighted by atomic mass is 10.1. The van der Waals surface area contributed by atoms with Crippen LogP contribution in [0.5, 0.6) is 0 Å². The van der Waals surface area contributed by atoms with Crippen molar-refractivity contribution < 1.29 is 4.21 Å². The molecule has 0 fully saturated rings. The van der Waals surface area contributed by atoms with Crippen LogP contribution < -0.4 is 15.8 Å². The summed E-state index contributed by atoms with van der Waals surface area (Å²) in [6, 6.07) is 16.8. The van der Waals surface area contributed by atoms with Crippen molar-refractivity contribution in [1.82, 2.24) is 9.97 Å². The van der Waals surface area contributed by atoms with Crippen molar-refractivity contribution in [3.05, 3.63) is 85.9 Å². The van der Waals surface area contributed by atoms with Crippen LogP contribution in [0.15, 0.2) is 74.0 Å². The van der Waals surface area contributed by atoms with Gasteiger partial charge in [0, 0.05) is 16.1 Å². The average Bonchev–Trinajstić information content (AvgIpc) is 2.75. The second kappa shape index (κ2) is 8.74. The molecule has 1 heterocycles. The van der Waals surface area contributed by atoms with Crippen LogP contribution in [0.4, 0.5) is 5.69 Å². The van der Waals surface area contributed by atoms with Crippen LogP contribution >= 0.6 is 23.4 Å². The van der Waals surface area contributed by atoms with Gasteiger partial charge in [0.15, 0.2) is 11.0 Å². The third-order valence-corrected chi connectivity index (χ3v) is 7.11. The topological polar surface area (TPSA) is 94.8 Å². The summed E-state index contributed by atoms with van der Waals surface area (Å²) >= 11 is 8.16. The van der Waals surface area contributed by atoms with Crippen LogP contribution in [0.2, 0.25) is 5.02 Å². The van der Waals surface area contributed by atoms with Crippen molar-refractivity contribution in [3.63, 3.8) is 0 Å². The molecule has 1 atom stereocenters. The van der Waals surface area contributed by atoms with E-state index in [0.29, 0.717) is 32.2 Å². The molecule has 31 heavy (non-hydrogen) atoms. The smallest absolute Gasteiger partial charge is 0.314 e. The molecule has 3 N–H and O–H groups in total. The van der Waals surface area contributed by atoms with Crippen LogP contribution in [0, 0.1) is 6.92 Å². The molecule has 0 aliphatic heterocycles. The highest BCUT2D eigenvalue weighted by Crippen LogP contribution is 2.32. The van der Waals surface area contributed by atoms with Gasteiger partial charge in [0.25, 0.3) is 0 Å². The lowest BCUT2D eigenvalue weighted by Gasteiger charge is -2.12. The van der Waals surface area contributed by atoms with Gasteiger partial charge in [-0.05, 0) is 60.7 Å². The number of benzene rings is 3. The molecule has 0 aliphatic rings. The Bertz CT molecular complexity index is 1430. The largest absolute Gasteiger partial charge is 0.316 e. The monoisotopic (exact) mass is 471 g/mol. The molecule has 0 aliphatic carbocycles. The summed E-state index contributed by atoms with van der Waals surface area (Å²) in [4.78, 5) is 29.8. The minimum atomic E-state index is -1.60. The molecule has 0 spiro atoms. The van der Waals surface area contributed by atoms with E-state index in [9.17, 15) is 13.8 Å². The summed E-state index contributed by atoms with van der Waals surface area (Å²) < 4.78 is 15.9. The molecule has 1 unspecified atom stereocenters. The Morgan fingerprint density at radius 1 is 0.935 bits per heavy atom. The van der Waals surface area contributed by atoms with E-state index in [-0.39, 0.29) is 0 Å². The Morgan fingerprint density at radius 2 is 1.58 bits per heavy atom. The number of hydrogen-bond acceptors (Lipinski definition) is 4. The predicted molar refractivity (Wildman–Crippen MR) is 129 cm³/mol. The summed E-state index contributed by atoms with van der Waals surface area (Å²) in [5, 5.41) is 0.538. The number of hydrogen-bond donors (Lipinski definition) is 3. The van der Waals surface area contributed by atoms with Crippen LogP contribution in [0.25, 0.3) is 22.2 Å². The number of aromatic amines is 2. The maximum absolute atomic E-state index is 13.0. The van der Waals surface area contributed by atoms with Gasteiger partial charge in [-0.1, -0.05) is 29.8 Å². The molecule has 4 rings (SSSR count). The maximum atomic E-state index is 13.0. The Hall–Kier alpha value is -2.81. The first-order chi connectivity index (χ1) is 14.9. The number of anilines is 1. The van der Waals surface area contributed by atoms with Crippen LogP contribution in [-0.2, 0) is 11.0 Å². The van der Waals surface area contributed by atoms with Gasteiger partial charge in [-0.25, -0.2) is 4.21 Å². The first-order valence-corrected chi connectivity index (χ1v) is 12.0. The van der Waals surface area contributed by atoms with Crippen molar-refractivity contribution in [2.75, 3.05) is 11.0 Å². The molecule has 9 heteroatoms. The van der Waals surface area contributed by atoms with Gasteiger partial charge < -0.3 is 14.7 Å². The van der Waals surface area contributed by atoms with Gasteiger partial charge in [0.05, 0.1) is 21.0 Å². The molecule has 0 saturated carbocycles. The Labute approximate surface area is 189 Å². The summed E-state index contributed by atoms with van der Waals surface area (Å²) in [6.45, 7) is 1.78. The van der Waals surface area contributed by atoms with Gasteiger partial charge in [-0.2, -0.15) is 0 Å². The maximum Gasteiger partial charge on any atom is 0.314 e. The molecule has 0 saturated heterocycles. The molecule has 3 aromatic carbocycles. The fraction of sp³-hybridized carbons (Fsp3) is 0.0909. The van der Waals surface area contributed by atoms with E-state index in [0.717, 1.165) is 11.1 Å². The van der Waals surface area contributed by atoms with E-state index >= 15 is 0 Å². The number of thioether (sulfide) groups is 1. The second-order valence-electron chi connectivity index (χ2n) is 6.87. The summed E-state index contributed by atoms with van der Waals surface area (Å²) in [5.74, 6) is 0. The van der Waals surface area contributed by atoms with Crippen molar-refractivity contribution in [2.45, 2.75) is 16.7 Å². The zero-order valence-corrected chi connectivity index (χ0v) is 19.0. The van der Waals surface area contributed by atoms with E-state index in [1.165, 1.54) is 4.90 Å². The molecular weight excluding hydrogens is 454 g/mol. The Kier molecular flexibility index (Phi) is 6.04. The molecule has 0 amide bonds. The van der Waals surface area contributed by atoms with Crippen LogP contribution in [0.1, 0.15) is 5.56 Å². The third kappa shape index (κ3) is 4.46. The second-order valence-corrected chi connectivity index (χ2v) is 9.33. The molecule has 4 aromatic rings. The number of fused-ring (bicyclic) bond motifs is 1. The van der Waals surface area contributed by atoms with Gasteiger partial charge >= 0.3 is 11.1 Å². The van der Waals surface area contributed by atoms with Gasteiger partial charge in [0.1, 0.15) is 0 Å². The molecular formula is C22H18ClN3O3S2. The predicted octanol–water partition coefficient (Wildman–Crippen LogP) is 4.70. The van der Waals surface area contributed by atoms with Gasteiger partial charge in [-0.3, -0.25) is 9.59 Å². The number of H-pyrrole nitrogens is 2. The van der Waals surface area contributed by atoms with Crippen molar-refractivity contribution in [2.24, 2.45) is 0 Å². The molecule has 0 radical (unpaired) electrons. The number of aryl methyl sites for hydroxylation is 1. The summed E-state index contributed by atoms with van der Waals surface area (Å²) in [7, 11) is -1.60. The van der Waals surface area contributed by atoms with Gasteiger partial charge in [-0.15, -0.1) is 11.8 Å². The minimum absolute atomic E-state index is 0.405. The molecule has 0 bridgehead atoms. The third-order valence-electron chi connectivity index (χ3n) is 4.80. The first-order valence-electron chi connectivity index (χ1n) is 9.25. The SMILES string of the molecule is CSc1ccc(-c2ccc(NS(=O)c3cc4[nH]c(=O)c(=O)[nH]c4cc3C)cc2Cl)cc1. The van der Waals surface area contributed by atoms with E-state index < -0.39 is 22.1 Å². The van der Waals surface area contributed by atoms with Crippen LogP contribution in [0.3, 0.4) is 0 Å². The highest BCUT2D eigenvalue weighted by atomic mass is 35.5. The fourth-order valence-electron chi connectivity index (χ4n) is 3.20. The highest BCUT2D eigenvalue weighted by molar-refractivity contribution is 7.98. The number of rotatable bonds is 5. The Morgan fingerprint density at radius 3 is 2.19 bits per heavy atom. The van der Waals surface area contributed by atoms with Crippen molar-refractivity contribution >= 4 is 51.1 Å². The number of nitrogens with one attached hydrogen (secondary N) is 3. The fourth-order valence-corrected chi connectivity index (χ4v) is 4.92. The summed E-state index contributed by atoms with van der Waals surface area (Å²) in [6.07, 6.45) is 2.02. The molecule has 158 valence electrons. The van der Waals surface area contributed by atoms with E-state index in [2.05, 4.69) is 14.7 Å². The van der Waals surface area contributed by atoms with E-state index in [1.54, 1.807) is 36.9 Å². The van der Waals surface area contributed by atoms with Gasteiger partial charge in [0.2, 0.25) is 0 Å². The van der Waals surface area contributed by atoms with Crippen molar-refractivity contribution in [3.8, 4) is 11.1 Å². The quantitative estimate of drug-likeness (QED) is 0.290. The first kappa shape index (κ1) is 21.4. The zero-order chi connectivity index (χ0) is 22.1. The Balaban J connectivity index is 1.61. The van der Waals surface area contributed by atoms with Crippen molar-refractivity contribution in [1.29, 1.82) is 0 Å². The summed E-state index contributed by atoms with van der Waals surface area (Å²) in [5.41, 5.74) is 2.59. The molecule has 1 aromatic heterocycles. The average molecular weight is 472 g/mol. The van der Waals surface area contributed by atoms with Crippen LogP contribution in [-0.4, -0.2) is 20.4 Å². The lowest BCUT2D eigenvalue weighted by Crippen LogP contribution is -2.29. The normalized spacial score (nSPS) is 12.1. The standard InChI is InChI=1S/C22H18ClN3O3S2/c1-12-9-18-19(25-22(28)21(27)24-18)11-20(12)31(29)26-14-5-8-16(17(23)10-14)13-3-6-15(30-2)7-4-13/h3-11,26H,1-2H3,(H,24,27)(H,25,28). The van der Waals surface area contributed by atoms with E-state index in [4.69, 9.17) is 11.6 Å². The minimum Gasteiger partial charge on any atom is -0.316 e. The lowest BCUT2D eigenvalue weighted by molar-refractivity contribution is 0.686. The number of aromatic nitrogens is 2. The molecule has 6 nitrogen and oxygen atoms in total. The number of halogens is 1. The highest BCUT2D eigenvalue weighted by Gasteiger charge is 2.12. The van der Waals surface area contributed by atoms with E-state index in [1.807, 2.05) is 42.7 Å².